The van der Waals surface area contributed by atoms with E-state index in [9.17, 15) is 9.18 Å². The zero-order valence-electron chi connectivity index (χ0n) is 21.2. The number of hydrogen-bond donors (Lipinski definition) is 1. The molecule has 0 aliphatic carbocycles. The number of carbonyl (C=O) groups excluding carboxylic acids is 1. The number of methoxy groups -OCH3 is 1. The molecule has 35 heavy (non-hydrogen) atoms. The second kappa shape index (κ2) is 11.8. The second-order valence-corrected chi connectivity index (χ2v) is 9.96. The van der Waals surface area contributed by atoms with Crippen molar-refractivity contribution >= 4 is 16.8 Å². The van der Waals surface area contributed by atoms with Crippen molar-refractivity contribution in [3.8, 4) is 0 Å². The van der Waals surface area contributed by atoms with Crippen LogP contribution in [0.1, 0.15) is 37.3 Å². The van der Waals surface area contributed by atoms with Crippen molar-refractivity contribution in [3.63, 3.8) is 0 Å². The monoisotopic (exact) mass is 479 g/mol. The quantitative estimate of drug-likeness (QED) is 0.442. The van der Waals surface area contributed by atoms with Crippen molar-refractivity contribution in [1.82, 2.24) is 14.8 Å². The topological polar surface area (TPSA) is 48.6 Å². The van der Waals surface area contributed by atoms with Gasteiger partial charge in [0.25, 0.3) is 0 Å². The highest BCUT2D eigenvalue weighted by Gasteiger charge is 2.32. The van der Waals surface area contributed by atoms with Crippen molar-refractivity contribution in [1.29, 1.82) is 0 Å². The lowest BCUT2D eigenvalue weighted by Gasteiger charge is -2.42. The Bertz CT molecular complexity index is 1090. The van der Waals surface area contributed by atoms with Crippen LogP contribution in [0.4, 0.5) is 4.39 Å². The minimum Gasteiger partial charge on any atom is -0.375 e. The lowest BCUT2D eigenvalue weighted by Crippen LogP contribution is -2.49. The van der Waals surface area contributed by atoms with E-state index in [1.165, 1.54) is 28.6 Å². The molecule has 1 aliphatic heterocycles. The smallest absolute Gasteiger partial charge is 0.248 e. The molecular weight excluding hydrogens is 441 g/mol. The maximum atomic E-state index is 13.4. The summed E-state index contributed by atoms with van der Waals surface area (Å²) < 4.78 is 18.5. The number of amides is 1. The number of para-hydroxylation sites is 1. The number of halogens is 1. The number of likely N-dealkylation sites (N-methyl/N-ethyl adjacent to an activating group) is 1. The number of carbonyl (C=O) groups is 1. The Morgan fingerprint density at radius 3 is 2.60 bits per heavy atom. The number of fused-ring (bicyclic) bond motifs is 1. The molecule has 2 aromatic carbocycles. The first kappa shape index (κ1) is 25.4. The third-order valence-electron chi connectivity index (χ3n) is 7.76. The molecule has 5 nitrogen and oxygen atoms in total. The summed E-state index contributed by atoms with van der Waals surface area (Å²) in [5.74, 6) is 0.168. The number of nitrogens with zero attached hydrogens (tertiary/aromatic N) is 2. The molecule has 0 radical (unpaired) electrons. The number of nitrogens with one attached hydrogen (secondary N) is 1. The van der Waals surface area contributed by atoms with Gasteiger partial charge in [-0.05, 0) is 87.4 Å². The molecule has 4 rings (SSSR count). The van der Waals surface area contributed by atoms with Crippen molar-refractivity contribution in [2.45, 2.75) is 51.1 Å². The molecule has 1 amide bonds. The Hall–Kier alpha value is -2.70. The molecule has 0 spiro atoms. The fraction of sp³-hybridized carbons (Fsp3) is 0.483. The Morgan fingerprint density at radius 1 is 1.17 bits per heavy atom. The number of H-pyrrole nitrogens is 1. The first-order valence-electron chi connectivity index (χ1n) is 12.7. The van der Waals surface area contributed by atoms with Gasteiger partial charge in [0.05, 0.1) is 0 Å². The average molecular weight is 480 g/mol. The molecule has 1 saturated heterocycles. The summed E-state index contributed by atoms with van der Waals surface area (Å²) in [5.41, 5.74) is 3.65. The SMILES string of the molecule is COCC(=O)N(C)[C@H](Cc1ccc(F)cc1)C1CCN([C@@H](C)CCc2c[nH]c3ccccc23)CC1. The lowest BCUT2D eigenvalue weighted by atomic mass is 9.84. The third-order valence-corrected chi connectivity index (χ3v) is 7.76. The molecule has 0 saturated carbocycles. The first-order valence-corrected chi connectivity index (χ1v) is 12.7. The number of rotatable bonds is 10. The number of likely N-dealkylation sites (tertiary alicyclic amines) is 1. The van der Waals surface area contributed by atoms with E-state index < -0.39 is 0 Å². The number of aryl methyl sites for hydroxylation is 1. The average Bonchev–Trinajstić information content (AvgIpc) is 3.30. The number of hydrogen-bond acceptors (Lipinski definition) is 3. The van der Waals surface area contributed by atoms with Gasteiger partial charge >= 0.3 is 0 Å². The van der Waals surface area contributed by atoms with Gasteiger partial charge < -0.3 is 19.5 Å². The van der Waals surface area contributed by atoms with E-state index in [2.05, 4.69) is 47.3 Å². The van der Waals surface area contributed by atoms with Gasteiger partial charge in [0.2, 0.25) is 5.91 Å². The van der Waals surface area contributed by atoms with E-state index in [1.807, 2.05) is 24.1 Å². The van der Waals surface area contributed by atoms with Crippen LogP contribution in [0.5, 0.6) is 0 Å². The molecule has 188 valence electrons. The van der Waals surface area contributed by atoms with Gasteiger partial charge in [0.15, 0.2) is 0 Å². The third kappa shape index (κ3) is 6.30. The van der Waals surface area contributed by atoms with E-state index in [0.29, 0.717) is 12.0 Å². The highest BCUT2D eigenvalue weighted by molar-refractivity contribution is 5.83. The molecule has 1 fully saturated rings. The number of ether oxygens (including phenoxy) is 1. The van der Waals surface area contributed by atoms with Crippen LogP contribution in [0.15, 0.2) is 54.7 Å². The summed E-state index contributed by atoms with van der Waals surface area (Å²) in [7, 11) is 3.43. The Balaban J connectivity index is 1.35. The number of aromatic nitrogens is 1. The predicted octanol–water partition coefficient (Wildman–Crippen LogP) is 5.06. The van der Waals surface area contributed by atoms with E-state index in [4.69, 9.17) is 4.74 Å². The largest absolute Gasteiger partial charge is 0.375 e. The highest BCUT2D eigenvalue weighted by atomic mass is 19.1. The molecule has 3 aromatic rings. The van der Waals surface area contributed by atoms with Crippen LogP contribution in [0.2, 0.25) is 0 Å². The molecule has 2 heterocycles. The normalized spacial score (nSPS) is 16.9. The summed E-state index contributed by atoms with van der Waals surface area (Å²) >= 11 is 0. The van der Waals surface area contributed by atoms with Crippen LogP contribution in [0, 0.1) is 11.7 Å². The molecule has 2 atom stereocenters. The molecule has 6 heteroatoms. The van der Waals surface area contributed by atoms with Gasteiger partial charge in [-0.15, -0.1) is 0 Å². The molecule has 0 unspecified atom stereocenters. The second-order valence-electron chi connectivity index (χ2n) is 9.96. The van der Waals surface area contributed by atoms with Crippen LogP contribution in [0.3, 0.4) is 0 Å². The number of benzene rings is 2. The van der Waals surface area contributed by atoms with Crippen LogP contribution in [0.25, 0.3) is 10.9 Å². The summed E-state index contributed by atoms with van der Waals surface area (Å²) in [5, 5.41) is 1.32. The Labute approximate surface area is 208 Å². The van der Waals surface area contributed by atoms with E-state index in [1.54, 1.807) is 7.11 Å². The lowest BCUT2D eigenvalue weighted by molar-refractivity contribution is -0.137. The summed E-state index contributed by atoms with van der Waals surface area (Å²) in [6.45, 7) is 4.48. The Kier molecular flexibility index (Phi) is 8.58. The number of piperidine rings is 1. The highest BCUT2D eigenvalue weighted by Crippen LogP contribution is 2.29. The molecule has 1 N–H and O–H groups in total. The van der Waals surface area contributed by atoms with Crippen LogP contribution in [-0.4, -0.2) is 66.6 Å². The minimum atomic E-state index is -0.232. The van der Waals surface area contributed by atoms with Gasteiger partial charge in [-0.1, -0.05) is 30.3 Å². The maximum Gasteiger partial charge on any atom is 0.248 e. The standard InChI is InChI=1S/C29H38FN3O2/c1-21(8-11-24-19-31-27-7-5-4-6-26(24)27)33-16-14-23(15-17-33)28(32(2)29(34)20-35-3)18-22-9-12-25(30)13-10-22/h4-7,9-10,12-13,19,21,23,28,31H,8,11,14-18,20H2,1-3H3/t21-,28+/m0/s1. The molecule has 1 aliphatic rings. The van der Waals surface area contributed by atoms with Crippen molar-refractivity contribution < 1.29 is 13.9 Å². The van der Waals surface area contributed by atoms with Gasteiger partial charge in [-0.3, -0.25) is 4.79 Å². The summed E-state index contributed by atoms with van der Waals surface area (Å²) in [6.07, 6.45) is 7.16. The zero-order chi connectivity index (χ0) is 24.8. The number of aromatic amines is 1. The fourth-order valence-corrected chi connectivity index (χ4v) is 5.52. The Morgan fingerprint density at radius 2 is 1.89 bits per heavy atom. The summed E-state index contributed by atoms with van der Waals surface area (Å²) in [6, 6.07) is 15.7. The van der Waals surface area contributed by atoms with Gasteiger partial charge in [0, 0.05) is 43.3 Å². The van der Waals surface area contributed by atoms with Crippen molar-refractivity contribution in [2.75, 3.05) is 33.9 Å². The van der Waals surface area contributed by atoms with Crippen LogP contribution in [-0.2, 0) is 22.4 Å². The molecular formula is C29H38FN3O2. The van der Waals surface area contributed by atoms with Gasteiger partial charge in [0.1, 0.15) is 12.4 Å². The van der Waals surface area contributed by atoms with Gasteiger partial charge in [-0.2, -0.15) is 0 Å². The van der Waals surface area contributed by atoms with E-state index in [-0.39, 0.29) is 24.4 Å². The predicted molar refractivity (Wildman–Crippen MR) is 139 cm³/mol. The zero-order valence-corrected chi connectivity index (χ0v) is 21.2. The van der Waals surface area contributed by atoms with Crippen molar-refractivity contribution in [2.24, 2.45) is 5.92 Å². The maximum absolute atomic E-state index is 13.4. The van der Waals surface area contributed by atoms with Crippen molar-refractivity contribution in [3.05, 3.63) is 71.7 Å². The van der Waals surface area contributed by atoms with Crippen LogP contribution >= 0.6 is 0 Å². The van der Waals surface area contributed by atoms with Crippen LogP contribution < -0.4 is 0 Å². The van der Waals surface area contributed by atoms with E-state index >= 15 is 0 Å². The molecule has 1 aromatic heterocycles. The first-order chi connectivity index (χ1) is 17.0. The molecule has 0 bridgehead atoms. The van der Waals surface area contributed by atoms with Gasteiger partial charge in [-0.25, -0.2) is 4.39 Å². The fourth-order valence-electron chi connectivity index (χ4n) is 5.52. The summed E-state index contributed by atoms with van der Waals surface area (Å²) in [4.78, 5) is 20.5. The minimum absolute atomic E-state index is 0.00543. The van der Waals surface area contributed by atoms with E-state index in [0.717, 1.165) is 50.8 Å².